The second-order valence-electron chi connectivity index (χ2n) is 2.74. The van der Waals surface area contributed by atoms with Crippen LogP contribution in [0.5, 0.6) is 0 Å². The number of hydrogen-bond donors (Lipinski definition) is 0. The Labute approximate surface area is 87.3 Å². The summed E-state index contributed by atoms with van der Waals surface area (Å²) in [5, 5.41) is 0. The Kier molecular flexibility index (Phi) is 5.69. The van der Waals surface area contributed by atoms with Gasteiger partial charge < -0.3 is 4.90 Å². The van der Waals surface area contributed by atoms with Crippen molar-refractivity contribution < 1.29 is 4.79 Å². The summed E-state index contributed by atoms with van der Waals surface area (Å²) >= 11 is 0. The molecule has 0 aliphatic carbocycles. The van der Waals surface area contributed by atoms with Gasteiger partial charge in [-0.25, -0.2) is 0 Å². The Balaban J connectivity index is 0.000000791. The lowest BCUT2D eigenvalue weighted by Gasteiger charge is -2.15. The molecule has 14 heavy (non-hydrogen) atoms. The van der Waals surface area contributed by atoms with Gasteiger partial charge in [-0.1, -0.05) is 26.0 Å². The molecular formula is C11H16BNO. The lowest BCUT2D eigenvalue weighted by molar-refractivity contribution is 0.265. The molecular weight excluding hydrogens is 173 g/mol. The molecule has 0 bridgehead atoms. The zero-order valence-corrected chi connectivity index (χ0v) is 9.24. The molecule has 0 aliphatic rings. The molecule has 0 N–H and O–H groups in total. The molecule has 74 valence electrons. The second-order valence-corrected chi connectivity index (χ2v) is 2.74. The first kappa shape index (κ1) is 12.8. The predicted molar refractivity (Wildman–Crippen MR) is 62.1 cm³/mol. The number of carbonyl (C=O) groups excluding carboxylic acids is 1. The van der Waals surface area contributed by atoms with E-state index in [2.05, 4.69) is 0 Å². The highest BCUT2D eigenvalue weighted by molar-refractivity contribution is 6.60. The van der Waals surface area contributed by atoms with Gasteiger partial charge in [0, 0.05) is 12.7 Å². The third kappa shape index (κ3) is 3.65. The monoisotopic (exact) mass is 189 g/mol. The van der Waals surface area contributed by atoms with Crippen molar-refractivity contribution in [3.63, 3.8) is 0 Å². The van der Waals surface area contributed by atoms with Crippen LogP contribution in [0.4, 0.5) is 10.5 Å². The molecule has 0 spiro atoms. The smallest absolute Gasteiger partial charge is 0.201 e. The van der Waals surface area contributed by atoms with E-state index >= 15 is 0 Å². The third-order valence-electron chi connectivity index (χ3n) is 1.72. The highest BCUT2D eigenvalue weighted by Gasteiger charge is 2.03. The first-order chi connectivity index (χ1) is 6.61. The summed E-state index contributed by atoms with van der Waals surface area (Å²) in [7, 11) is 6.75. The highest BCUT2D eigenvalue weighted by Crippen LogP contribution is 2.13. The van der Waals surface area contributed by atoms with E-state index in [4.69, 9.17) is 7.85 Å². The van der Waals surface area contributed by atoms with Gasteiger partial charge in [-0.15, -0.1) is 0 Å². The van der Waals surface area contributed by atoms with Gasteiger partial charge in [-0.2, -0.15) is 0 Å². The van der Waals surface area contributed by atoms with E-state index < -0.39 is 5.81 Å². The molecule has 0 unspecified atom stereocenters. The topological polar surface area (TPSA) is 20.3 Å². The first-order valence-corrected chi connectivity index (χ1v) is 4.71. The van der Waals surface area contributed by atoms with Crippen molar-refractivity contribution in [2.45, 2.75) is 20.8 Å². The maximum Gasteiger partial charge on any atom is 0.201 e. The predicted octanol–water partition coefficient (Wildman–Crippen LogP) is 2.75. The molecule has 0 fully saturated rings. The standard InChI is InChI=1S/C9H10BNO.C2H6/c1-7-4-3-5-8(6-7)11(2)9(10)12;1-2/h3-6H,1-2H3;1-2H3. The Bertz CT molecular complexity index is 299. The van der Waals surface area contributed by atoms with Gasteiger partial charge in [0.05, 0.1) is 0 Å². The molecule has 0 atom stereocenters. The highest BCUT2D eigenvalue weighted by atomic mass is 16.1. The number of nitrogens with zero attached hydrogens (tertiary/aromatic N) is 1. The second kappa shape index (κ2) is 6.25. The number of benzene rings is 1. The number of carbonyl (C=O) groups is 1. The average Bonchev–Trinajstić information content (AvgIpc) is 2.19. The van der Waals surface area contributed by atoms with Crippen LogP contribution in [0.3, 0.4) is 0 Å². The molecule has 0 saturated heterocycles. The first-order valence-electron chi connectivity index (χ1n) is 4.71. The molecule has 2 nitrogen and oxygen atoms in total. The molecule has 1 rings (SSSR count). The number of hydrogen-bond acceptors (Lipinski definition) is 1. The van der Waals surface area contributed by atoms with Crippen LogP contribution < -0.4 is 4.90 Å². The van der Waals surface area contributed by atoms with Crippen molar-refractivity contribution in [1.82, 2.24) is 0 Å². The van der Waals surface area contributed by atoms with E-state index in [9.17, 15) is 4.79 Å². The van der Waals surface area contributed by atoms with Gasteiger partial charge >= 0.3 is 0 Å². The summed E-state index contributed by atoms with van der Waals surface area (Å²) in [6.45, 7) is 5.97. The zero-order chi connectivity index (χ0) is 11.1. The largest absolute Gasteiger partial charge is 0.325 e. The summed E-state index contributed by atoms with van der Waals surface area (Å²) < 4.78 is 0. The van der Waals surface area contributed by atoms with Gasteiger partial charge in [0.25, 0.3) is 0 Å². The summed E-state index contributed by atoms with van der Waals surface area (Å²) in [6.07, 6.45) is 0. The minimum Gasteiger partial charge on any atom is -0.325 e. The minimum atomic E-state index is -0.444. The molecule has 1 aromatic carbocycles. The fourth-order valence-electron chi connectivity index (χ4n) is 0.964. The Morgan fingerprint density at radius 2 is 1.93 bits per heavy atom. The van der Waals surface area contributed by atoms with E-state index in [0.29, 0.717) is 0 Å². The van der Waals surface area contributed by atoms with Crippen LogP contribution in [0.1, 0.15) is 19.4 Å². The van der Waals surface area contributed by atoms with Crippen LogP contribution in [0.25, 0.3) is 0 Å². The minimum absolute atomic E-state index is 0.444. The van der Waals surface area contributed by atoms with Gasteiger partial charge in [0.1, 0.15) is 0 Å². The lowest BCUT2D eigenvalue weighted by atomic mass is 10.1. The van der Waals surface area contributed by atoms with Gasteiger partial charge in [0.15, 0.2) is 5.81 Å². The van der Waals surface area contributed by atoms with E-state index in [1.54, 1.807) is 7.05 Å². The van der Waals surface area contributed by atoms with Crippen molar-refractivity contribution in [3.05, 3.63) is 29.8 Å². The van der Waals surface area contributed by atoms with Crippen molar-refractivity contribution in [3.8, 4) is 0 Å². The molecule has 0 heterocycles. The van der Waals surface area contributed by atoms with Crippen molar-refractivity contribution >= 4 is 19.3 Å². The Morgan fingerprint density at radius 1 is 1.36 bits per heavy atom. The SMILES string of the molecule is CC.[B]C(=O)N(C)c1cccc(C)c1. The molecule has 0 saturated carbocycles. The number of aryl methyl sites for hydroxylation is 1. The normalized spacial score (nSPS) is 8.57. The van der Waals surface area contributed by atoms with Gasteiger partial charge in [-0.3, -0.25) is 4.79 Å². The summed E-state index contributed by atoms with van der Waals surface area (Å²) in [5.74, 6) is -0.444. The average molecular weight is 189 g/mol. The fraction of sp³-hybridized carbons (Fsp3) is 0.364. The molecule has 2 radical (unpaired) electrons. The van der Waals surface area contributed by atoms with Crippen LogP contribution in [-0.2, 0) is 0 Å². The van der Waals surface area contributed by atoms with E-state index in [1.165, 1.54) is 4.90 Å². The number of rotatable bonds is 1. The van der Waals surface area contributed by atoms with Crippen LogP contribution in [0, 0.1) is 6.92 Å². The molecule has 3 heteroatoms. The Hall–Kier alpha value is -1.25. The molecule has 0 aromatic heterocycles. The van der Waals surface area contributed by atoms with Crippen LogP contribution in [-0.4, -0.2) is 20.7 Å². The molecule has 1 aromatic rings. The Morgan fingerprint density at radius 3 is 2.36 bits per heavy atom. The van der Waals surface area contributed by atoms with Gasteiger partial charge in [0.2, 0.25) is 7.85 Å². The van der Waals surface area contributed by atoms with Crippen LogP contribution in [0.15, 0.2) is 24.3 Å². The maximum atomic E-state index is 10.8. The summed E-state index contributed by atoms with van der Waals surface area (Å²) in [5.41, 5.74) is 1.93. The van der Waals surface area contributed by atoms with Crippen molar-refractivity contribution in [2.75, 3.05) is 11.9 Å². The zero-order valence-electron chi connectivity index (χ0n) is 9.24. The van der Waals surface area contributed by atoms with E-state index in [0.717, 1.165) is 11.3 Å². The van der Waals surface area contributed by atoms with Crippen LogP contribution in [0.2, 0.25) is 0 Å². The summed E-state index contributed by atoms with van der Waals surface area (Å²) in [6, 6.07) is 7.62. The van der Waals surface area contributed by atoms with Crippen LogP contribution >= 0.6 is 0 Å². The number of anilines is 1. The lowest BCUT2D eigenvalue weighted by Crippen LogP contribution is -2.24. The van der Waals surface area contributed by atoms with E-state index in [1.807, 2.05) is 45.0 Å². The quantitative estimate of drug-likeness (QED) is 0.622. The maximum absolute atomic E-state index is 10.8. The fourth-order valence-corrected chi connectivity index (χ4v) is 0.964. The van der Waals surface area contributed by atoms with Crippen molar-refractivity contribution in [2.24, 2.45) is 0 Å². The van der Waals surface area contributed by atoms with Crippen molar-refractivity contribution in [1.29, 1.82) is 0 Å². The third-order valence-corrected chi connectivity index (χ3v) is 1.72. The van der Waals surface area contributed by atoms with E-state index in [-0.39, 0.29) is 0 Å². The van der Waals surface area contributed by atoms with Gasteiger partial charge in [-0.05, 0) is 24.6 Å². The molecule has 0 aliphatic heterocycles. The summed E-state index contributed by atoms with van der Waals surface area (Å²) in [4.78, 5) is 12.2. The molecule has 1 amide bonds. The number of amides is 1.